The summed E-state index contributed by atoms with van der Waals surface area (Å²) in [5, 5.41) is 3.21. The van der Waals surface area contributed by atoms with Gasteiger partial charge in [-0.05, 0) is 57.3 Å². The maximum absolute atomic E-state index is 12.5. The third-order valence-corrected chi connectivity index (χ3v) is 5.83. The van der Waals surface area contributed by atoms with Gasteiger partial charge in [-0.2, -0.15) is 4.98 Å². The number of aromatic nitrogens is 1. The lowest BCUT2D eigenvalue weighted by Crippen LogP contribution is -2.39. The first-order valence-electron chi connectivity index (χ1n) is 10.5. The van der Waals surface area contributed by atoms with E-state index in [1.54, 1.807) is 19.0 Å². The van der Waals surface area contributed by atoms with Gasteiger partial charge in [0, 0.05) is 27.1 Å². The van der Waals surface area contributed by atoms with Crippen LogP contribution in [0.2, 0.25) is 5.02 Å². The van der Waals surface area contributed by atoms with E-state index >= 15 is 0 Å². The average Bonchev–Trinajstić information content (AvgIpc) is 2.73. The number of carbonyl (C=O) groups excluding carboxylic acids is 2. The number of nitrogens with two attached hydrogens (primary N) is 1. The number of amides is 2. The number of piperidine rings is 1. The second-order valence-electron chi connectivity index (χ2n) is 8.01. The molecule has 30 heavy (non-hydrogen) atoms. The fraction of sp³-hybridized carbons (Fsp3) is 0.667. The lowest BCUT2D eigenvalue weighted by Gasteiger charge is -2.32. The highest BCUT2D eigenvalue weighted by Gasteiger charge is 2.21. The second-order valence-corrected chi connectivity index (χ2v) is 8.41. The summed E-state index contributed by atoms with van der Waals surface area (Å²) in [6.07, 6.45) is 5.89. The molecule has 2 heterocycles. The second kappa shape index (κ2) is 12.0. The maximum Gasteiger partial charge on any atom is 0.256 e. The Morgan fingerprint density at radius 2 is 2.00 bits per heavy atom. The van der Waals surface area contributed by atoms with Crippen LogP contribution in [0.3, 0.4) is 0 Å². The summed E-state index contributed by atoms with van der Waals surface area (Å²) in [6, 6.07) is 1.49. The number of rotatable bonds is 10. The molecule has 0 radical (unpaired) electrons. The van der Waals surface area contributed by atoms with E-state index < -0.39 is 0 Å². The first kappa shape index (κ1) is 24.2. The van der Waals surface area contributed by atoms with Crippen LogP contribution in [-0.4, -0.2) is 74.0 Å². The topological polar surface area (TPSA) is 101 Å². The summed E-state index contributed by atoms with van der Waals surface area (Å²) in [6.45, 7) is 3.76. The molecule has 0 spiro atoms. The number of ether oxygens (including phenoxy) is 1. The van der Waals surface area contributed by atoms with E-state index in [1.807, 2.05) is 0 Å². The Balaban J connectivity index is 1.66. The highest BCUT2D eigenvalue weighted by atomic mass is 35.5. The smallest absolute Gasteiger partial charge is 0.256 e. The molecule has 9 heteroatoms. The predicted octanol–water partition coefficient (Wildman–Crippen LogP) is 2.42. The lowest BCUT2D eigenvalue weighted by molar-refractivity contribution is -0.128. The van der Waals surface area contributed by atoms with Crippen molar-refractivity contribution in [3.05, 3.63) is 16.7 Å². The maximum atomic E-state index is 12.5. The van der Waals surface area contributed by atoms with Crippen molar-refractivity contribution in [2.24, 2.45) is 5.92 Å². The molecular weight excluding hydrogens is 406 g/mol. The number of hydrogen-bond donors (Lipinski definition) is 2. The fourth-order valence-electron chi connectivity index (χ4n) is 3.56. The van der Waals surface area contributed by atoms with Crippen molar-refractivity contribution in [1.82, 2.24) is 20.1 Å². The van der Waals surface area contributed by atoms with Gasteiger partial charge < -0.3 is 25.6 Å². The van der Waals surface area contributed by atoms with Gasteiger partial charge in [-0.3, -0.25) is 9.59 Å². The van der Waals surface area contributed by atoms with Crippen molar-refractivity contribution in [2.45, 2.75) is 38.5 Å². The number of nitrogens with zero attached hydrogens (tertiary/aromatic N) is 3. The van der Waals surface area contributed by atoms with Crippen molar-refractivity contribution in [3.8, 4) is 5.88 Å². The molecule has 0 unspecified atom stereocenters. The third kappa shape index (κ3) is 7.32. The molecule has 0 saturated carbocycles. The van der Waals surface area contributed by atoms with Gasteiger partial charge in [0.1, 0.15) is 11.4 Å². The Labute approximate surface area is 184 Å². The van der Waals surface area contributed by atoms with Gasteiger partial charge in [-0.25, -0.2) is 0 Å². The lowest BCUT2D eigenvalue weighted by atomic mass is 9.96. The third-order valence-electron chi connectivity index (χ3n) is 5.53. The van der Waals surface area contributed by atoms with E-state index in [0.29, 0.717) is 24.4 Å². The molecule has 1 fully saturated rings. The van der Waals surface area contributed by atoms with Crippen molar-refractivity contribution in [3.63, 3.8) is 0 Å². The van der Waals surface area contributed by atoms with Crippen LogP contribution in [0.25, 0.3) is 0 Å². The normalized spacial score (nSPS) is 15.1. The SMILES string of the molecule is COc1nc(N)c(Cl)cc1C(=O)NCC1CCN(CCCCCC(=O)N(C)C)CC1. The van der Waals surface area contributed by atoms with E-state index in [2.05, 4.69) is 15.2 Å². The molecule has 0 atom stereocenters. The highest BCUT2D eigenvalue weighted by molar-refractivity contribution is 6.33. The average molecular weight is 440 g/mol. The van der Waals surface area contributed by atoms with Crippen LogP contribution < -0.4 is 15.8 Å². The van der Waals surface area contributed by atoms with Crippen LogP contribution in [-0.2, 0) is 4.79 Å². The van der Waals surface area contributed by atoms with Crippen LogP contribution in [0.5, 0.6) is 5.88 Å². The molecule has 8 nitrogen and oxygen atoms in total. The Morgan fingerprint density at radius 3 is 2.63 bits per heavy atom. The molecule has 1 aliphatic rings. The van der Waals surface area contributed by atoms with E-state index in [4.69, 9.17) is 22.1 Å². The van der Waals surface area contributed by atoms with Crippen molar-refractivity contribution < 1.29 is 14.3 Å². The Bertz CT molecular complexity index is 721. The number of nitrogens with one attached hydrogen (secondary N) is 1. The van der Waals surface area contributed by atoms with Crippen molar-refractivity contribution in [1.29, 1.82) is 0 Å². The first-order chi connectivity index (χ1) is 14.3. The predicted molar refractivity (Wildman–Crippen MR) is 119 cm³/mol. The highest BCUT2D eigenvalue weighted by Crippen LogP contribution is 2.25. The monoisotopic (exact) mass is 439 g/mol. The summed E-state index contributed by atoms with van der Waals surface area (Å²) in [5.74, 6) is 0.716. The van der Waals surface area contributed by atoms with Crippen LogP contribution in [0.15, 0.2) is 6.07 Å². The Morgan fingerprint density at radius 1 is 1.30 bits per heavy atom. The molecule has 0 bridgehead atoms. The fourth-order valence-corrected chi connectivity index (χ4v) is 3.71. The Kier molecular flexibility index (Phi) is 9.65. The number of carbonyl (C=O) groups is 2. The molecule has 2 amide bonds. The summed E-state index contributed by atoms with van der Waals surface area (Å²) in [5.41, 5.74) is 5.96. The summed E-state index contributed by atoms with van der Waals surface area (Å²) in [7, 11) is 5.04. The number of pyridine rings is 1. The molecular formula is C21H34ClN5O3. The van der Waals surface area contributed by atoms with Gasteiger partial charge in [0.15, 0.2) is 0 Å². The van der Waals surface area contributed by atoms with Gasteiger partial charge in [0.25, 0.3) is 5.91 Å². The van der Waals surface area contributed by atoms with Crippen molar-refractivity contribution in [2.75, 3.05) is 53.1 Å². The Hall–Kier alpha value is -2.06. The minimum absolute atomic E-state index is 0.140. The van der Waals surface area contributed by atoms with E-state index in [9.17, 15) is 9.59 Å². The van der Waals surface area contributed by atoms with Crippen molar-refractivity contribution >= 4 is 29.2 Å². The van der Waals surface area contributed by atoms with Crippen LogP contribution in [0.4, 0.5) is 5.82 Å². The van der Waals surface area contributed by atoms with E-state index in [0.717, 1.165) is 51.7 Å². The van der Waals surface area contributed by atoms with Crippen LogP contribution in [0.1, 0.15) is 48.9 Å². The zero-order chi connectivity index (χ0) is 22.1. The molecule has 1 aromatic rings. The molecule has 168 valence electrons. The molecule has 1 aromatic heterocycles. The number of methoxy groups -OCH3 is 1. The summed E-state index contributed by atoms with van der Waals surface area (Å²) < 4.78 is 5.15. The molecule has 0 aromatic carbocycles. The zero-order valence-corrected chi connectivity index (χ0v) is 19.0. The molecule has 1 aliphatic heterocycles. The van der Waals surface area contributed by atoms with Crippen LogP contribution in [0, 0.1) is 5.92 Å². The minimum Gasteiger partial charge on any atom is -0.480 e. The summed E-state index contributed by atoms with van der Waals surface area (Å²) in [4.78, 5) is 32.2. The number of halogens is 1. The van der Waals surface area contributed by atoms with E-state index in [-0.39, 0.29) is 28.5 Å². The van der Waals surface area contributed by atoms with Gasteiger partial charge in [0.05, 0.1) is 12.1 Å². The van der Waals surface area contributed by atoms with Crippen LogP contribution >= 0.6 is 11.6 Å². The standard InChI is InChI=1S/C21H34ClN5O3/c1-26(2)18(28)7-5-4-6-10-27-11-8-15(9-12-27)14-24-20(29)16-13-17(22)19(23)25-21(16)30-3/h13,15H,4-12,14H2,1-3H3,(H2,23,25)(H,24,29). The number of likely N-dealkylation sites (tertiary alicyclic amines) is 1. The molecule has 2 rings (SSSR count). The van der Waals surface area contributed by atoms with Gasteiger partial charge in [-0.1, -0.05) is 18.0 Å². The van der Waals surface area contributed by atoms with E-state index in [1.165, 1.54) is 13.2 Å². The summed E-state index contributed by atoms with van der Waals surface area (Å²) >= 11 is 5.99. The number of hydrogen-bond acceptors (Lipinski definition) is 6. The molecule has 3 N–H and O–H groups in total. The molecule has 1 saturated heterocycles. The number of nitrogen functional groups attached to an aromatic ring is 1. The number of anilines is 1. The minimum atomic E-state index is -0.254. The van der Waals surface area contributed by atoms with Gasteiger partial charge >= 0.3 is 0 Å². The number of unbranched alkanes of at least 4 members (excludes halogenated alkanes) is 2. The van der Waals surface area contributed by atoms with Gasteiger partial charge in [0.2, 0.25) is 11.8 Å². The molecule has 0 aliphatic carbocycles. The largest absolute Gasteiger partial charge is 0.480 e. The zero-order valence-electron chi connectivity index (χ0n) is 18.2. The first-order valence-corrected chi connectivity index (χ1v) is 10.9. The van der Waals surface area contributed by atoms with Gasteiger partial charge in [-0.15, -0.1) is 0 Å². The quantitative estimate of drug-likeness (QED) is 0.543.